The first-order valence-electron chi connectivity index (χ1n) is 9.64. The van der Waals surface area contributed by atoms with Gasteiger partial charge in [-0.05, 0) is 59.6 Å². The van der Waals surface area contributed by atoms with Crippen LogP contribution in [0.3, 0.4) is 0 Å². The standard InChI is InChI=1S/C24H33NO2/c1-15(2)20-14-21(16(3)13-22(20)27-8)23(26)25-17(4)18-9-11-19(12-10-18)24(5,6)7/h9-15,17H,1-8H3,(H,25,26). The molecule has 0 radical (unpaired) electrons. The molecule has 0 aliphatic heterocycles. The van der Waals surface area contributed by atoms with Crippen molar-refractivity contribution in [2.24, 2.45) is 0 Å². The van der Waals surface area contributed by atoms with E-state index >= 15 is 0 Å². The molecule has 2 aromatic rings. The molecule has 0 aliphatic carbocycles. The highest BCUT2D eigenvalue weighted by molar-refractivity contribution is 5.96. The van der Waals surface area contributed by atoms with Crippen molar-refractivity contribution in [3.05, 3.63) is 64.2 Å². The molecule has 1 atom stereocenters. The van der Waals surface area contributed by atoms with Crippen LogP contribution < -0.4 is 10.1 Å². The summed E-state index contributed by atoms with van der Waals surface area (Å²) in [6.07, 6.45) is 0. The molecular formula is C24H33NO2. The van der Waals surface area contributed by atoms with E-state index in [1.807, 2.05) is 26.0 Å². The average molecular weight is 368 g/mol. The molecule has 146 valence electrons. The first-order chi connectivity index (χ1) is 12.5. The van der Waals surface area contributed by atoms with Gasteiger partial charge in [-0.25, -0.2) is 0 Å². The Kier molecular flexibility index (Phi) is 6.35. The van der Waals surface area contributed by atoms with Crippen LogP contribution in [0.25, 0.3) is 0 Å². The number of amides is 1. The Morgan fingerprint density at radius 3 is 2.11 bits per heavy atom. The van der Waals surface area contributed by atoms with E-state index in [2.05, 4.69) is 64.2 Å². The Balaban J connectivity index is 2.22. The molecule has 0 saturated carbocycles. The Labute approximate surface area is 164 Å². The number of carbonyl (C=O) groups is 1. The van der Waals surface area contributed by atoms with Gasteiger partial charge in [0, 0.05) is 5.56 Å². The number of carbonyl (C=O) groups excluding carboxylic acids is 1. The highest BCUT2D eigenvalue weighted by Gasteiger charge is 2.19. The number of benzene rings is 2. The molecule has 3 nitrogen and oxygen atoms in total. The van der Waals surface area contributed by atoms with Crippen LogP contribution >= 0.6 is 0 Å². The van der Waals surface area contributed by atoms with Crippen molar-refractivity contribution in [2.45, 2.75) is 65.8 Å². The van der Waals surface area contributed by atoms with Gasteiger partial charge < -0.3 is 10.1 Å². The van der Waals surface area contributed by atoms with Crippen LogP contribution in [0.15, 0.2) is 36.4 Å². The molecule has 3 heteroatoms. The Morgan fingerprint density at radius 2 is 1.63 bits per heavy atom. The van der Waals surface area contributed by atoms with Gasteiger partial charge in [-0.3, -0.25) is 4.79 Å². The molecule has 1 N–H and O–H groups in total. The molecule has 2 aromatic carbocycles. The molecule has 1 amide bonds. The lowest BCUT2D eigenvalue weighted by molar-refractivity contribution is 0.0939. The predicted octanol–water partition coefficient (Wildman–Crippen LogP) is 5.92. The second-order valence-corrected chi connectivity index (χ2v) is 8.63. The van der Waals surface area contributed by atoms with Crippen molar-refractivity contribution >= 4 is 5.91 Å². The van der Waals surface area contributed by atoms with Crippen molar-refractivity contribution in [1.82, 2.24) is 5.32 Å². The zero-order chi connectivity index (χ0) is 20.4. The molecule has 0 bridgehead atoms. The lowest BCUT2D eigenvalue weighted by atomic mass is 9.86. The number of methoxy groups -OCH3 is 1. The molecule has 0 spiro atoms. The SMILES string of the molecule is COc1cc(C)c(C(=O)NC(C)c2ccc(C(C)(C)C)cc2)cc1C(C)C. The Hall–Kier alpha value is -2.29. The smallest absolute Gasteiger partial charge is 0.252 e. The summed E-state index contributed by atoms with van der Waals surface area (Å²) in [4.78, 5) is 12.9. The minimum atomic E-state index is -0.0597. The molecule has 2 rings (SSSR count). The molecule has 0 heterocycles. The van der Waals surface area contributed by atoms with E-state index in [-0.39, 0.29) is 23.3 Å². The Bertz CT molecular complexity index is 798. The Morgan fingerprint density at radius 1 is 1.04 bits per heavy atom. The van der Waals surface area contributed by atoms with Crippen LogP contribution in [0.1, 0.15) is 86.1 Å². The van der Waals surface area contributed by atoms with Gasteiger partial charge in [0.2, 0.25) is 0 Å². The minimum Gasteiger partial charge on any atom is -0.496 e. The van der Waals surface area contributed by atoms with Crippen LogP contribution in [-0.4, -0.2) is 13.0 Å². The largest absolute Gasteiger partial charge is 0.496 e. The number of hydrogen-bond donors (Lipinski definition) is 1. The number of hydrogen-bond acceptors (Lipinski definition) is 2. The lowest BCUT2D eigenvalue weighted by Crippen LogP contribution is -2.27. The highest BCUT2D eigenvalue weighted by atomic mass is 16.5. The van der Waals surface area contributed by atoms with Crippen molar-refractivity contribution in [3.63, 3.8) is 0 Å². The van der Waals surface area contributed by atoms with Crippen LogP contribution in [0.4, 0.5) is 0 Å². The summed E-state index contributed by atoms with van der Waals surface area (Å²) < 4.78 is 5.48. The lowest BCUT2D eigenvalue weighted by Gasteiger charge is -2.21. The summed E-state index contributed by atoms with van der Waals surface area (Å²) in [5.74, 6) is 1.07. The van der Waals surface area contributed by atoms with Crippen molar-refractivity contribution < 1.29 is 9.53 Å². The minimum absolute atomic E-state index is 0.0514. The third-order valence-corrected chi connectivity index (χ3v) is 5.07. The fraction of sp³-hybridized carbons (Fsp3) is 0.458. The van der Waals surface area contributed by atoms with Gasteiger partial charge >= 0.3 is 0 Å². The topological polar surface area (TPSA) is 38.3 Å². The molecule has 0 fully saturated rings. The predicted molar refractivity (Wildman–Crippen MR) is 113 cm³/mol. The average Bonchev–Trinajstić information content (AvgIpc) is 2.60. The van der Waals surface area contributed by atoms with Gasteiger partial charge in [0.1, 0.15) is 5.75 Å². The van der Waals surface area contributed by atoms with E-state index in [9.17, 15) is 4.79 Å². The summed E-state index contributed by atoms with van der Waals surface area (Å²) in [5, 5.41) is 3.14. The number of rotatable bonds is 5. The fourth-order valence-electron chi connectivity index (χ4n) is 3.20. The van der Waals surface area contributed by atoms with E-state index < -0.39 is 0 Å². The van der Waals surface area contributed by atoms with Crippen molar-refractivity contribution in [3.8, 4) is 5.75 Å². The maximum Gasteiger partial charge on any atom is 0.252 e. The van der Waals surface area contributed by atoms with E-state index in [1.54, 1.807) is 7.11 Å². The zero-order valence-corrected chi connectivity index (χ0v) is 17.9. The van der Waals surface area contributed by atoms with Crippen LogP contribution in [-0.2, 0) is 5.41 Å². The fourth-order valence-corrected chi connectivity index (χ4v) is 3.20. The second kappa shape index (κ2) is 8.16. The van der Waals surface area contributed by atoms with Gasteiger partial charge in [0.15, 0.2) is 0 Å². The van der Waals surface area contributed by atoms with Gasteiger partial charge in [-0.15, -0.1) is 0 Å². The number of nitrogens with one attached hydrogen (secondary N) is 1. The van der Waals surface area contributed by atoms with Crippen LogP contribution in [0, 0.1) is 6.92 Å². The zero-order valence-electron chi connectivity index (χ0n) is 17.9. The normalized spacial score (nSPS) is 12.8. The van der Waals surface area contributed by atoms with Crippen LogP contribution in [0.5, 0.6) is 5.75 Å². The first-order valence-corrected chi connectivity index (χ1v) is 9.64. The third-order valence-electron chi connectivity index (χ3n) is 5.07. The van der Waals surface area contributed by atoms with Gasteiger partial charge in [-0.2, -0.15) is 0 Å². The van der Waals surface area contributed by atoms with Gasteiger partial charge in [0.05, 0.1) is 13.2 Å². The summed E-state index contributed by atoms with van der Waals surface area (Å²) in [6, 6.07) is 12.4. The number of ether oxygens (including phenoxy) is 1. The first kappa shape index (κ1) is 21.0. The molecule has 0 aromatic heterocycles. The molecule has 0 aliphatic rings. The monoisotopic (exact) mass is 367 g/mol. The maximum absolute atomic E-state index is 12.9. The summed E-state index contributed by atoms with van der Waals surface area (Å²) in [5.41, 5.74) is 5.19. The van der Waals surface area contributed by atoms with Crippen molar-refractivity contribution in [2.75, 3.05) is 7.11 Å². The summed E-state index contributed by atoms with van der Waals surface area (Å²) in [7, 11) is 1.67. The van der Waals surface area contributed by atoms with E-state index in [0.717, 1.165) is 22.4 Å². The molecule has 27 heavy (non-hydrogen) atoms. The van der Waals surface area contributed by atoms with E-state index in [0.29, 0.717) is 5.56 Å². The second-order valence-electron chi connectivity index (χ2n) is 8.63. The van der Waals surface area contributed by atoms with Crippen LogP contribution in [0.2, 0.25) is 0 Å². The number of aryl methyl sites for hydroxylation is 1. The quantitative estimate of drug-likeness (QED) is 0.713. The van der Waals surface area contributed by atoms with E-state index in [1.165, 1.54) is 5.56 Å². The highest BCUT2D eigenvalue weighted by Crippen LogP contribution is 2.30. The summed E-state index contributed by atoms with van der Waals surface area (Å²) >= 11 is 0. The third kappa shape index (κ3) is 4.91. The molecular weight excluding hydrogens is 334 g/mol. The molecule has 1 unspecified atom stereocenters. The molecule has 0 saturated heterocycles. The van der Waals surface area contributed by atoms with Crippen molar-refractivity contribution in [1.29, 1.82) is 0 Å². The summed E-state index contributed by atoms with van der Waals surface area (Å²) in [6.45, 7) is 14.8. The van der Waals surface area contributed by atoms with E-state index in [4.69, 9.17) is 4.74 Å². The maximum atomic E-state index is 12.9. The van der Waals surface area contributed by atoms with Gasteiger partial charge in [0.25, 0.3) is 5.91 Å². The van der Waals surface area contributed by atoms with Gasteiger partial charge in [-0.1, -0.05) is 58.9 Å².